The fourth-order valence-corrected chi connectivity index (χ4v) is 2.50. The van der Waals surface area contributed by atoms with E-state index in [0.717, 1.165) is 44.7 Å². The average molecular weight is 239 g/mol. The maximum atomic E-state index is 14.2. The Balaban J connectivity index is 1.92. The number of nitrogens with one attached hydrogen (secondary N) is 1. The van der Waals surface area contributed by atoms with Gasteiger partial charge in [0.1, 0.15) is 12.0 Å². The Labute approximate surface area is 102 Å². The second-order valence-electron chi connectivity index (χ2n) is 4.86. The van der Waals surface area contributed by atoms with E-state index in [1.54, 1.807) is 6.20 Å². The Morgan fingerprint density at radius 2 is 2.53 bits per heavy atom. The van der Waals surface area contributed by atoms with Crippen molar-refractivity contribution in [1.82, 2.24) is 14.9 Å². The summed E-state index contributed by atoms with van der Waals surface area (Å²) in [4.78, 5) is 4.27. The molecule has 2 rings (SSSR count). The Morgan fingerprint density at radius 1 is 1.65 bits per heavy atom. The van der Waals surface area contributed by atoms with Gasteiger partial charge in [-0.2, -0.15) is 0 Å². The minimum absolute atomic E-state index is 0.163. The first-order valence-corrected chi connectivity index (χ1v) is 6.66. The zero-order valence-electron chi connectivity index (χ0n) is 10.5. The van der Waals surface area contributed by atoms with Crippen LogP contribution in [0, 0.1) is 5.92 Å². The first-order valence-electron chi connectivity index (χ1n) is 6.66. The van der Waals surface area contributed by atoms with Crippen molar-refractivity contribution in [3.63, 3.8) is 0 Å². The summed E-state index contributed by atoms with van der Waals surface area (Å²) >= 11 is 0. The van der Waals surface area contributed by atoms with Crippen LogP contribution in [0.25, 0.3) is 0 Å². The van der Waals surface area contributed by atoms with Crippen LogP contribution in [0.4, 0.5) is 4.39 Å². The van der Waals surface area contributed by atoms with Gasteiger partial charge in [0, 0.05) is 37.8 Å². The standard InChI is InChI=1S/C13H22FN3/c1-2-7-17-8-6-16-13(17)9-12(14)11-4-3-5-15-10-11/h6,8,11-12,15H,2-5,7,9-10H2,1H3. The molecule has 1 saturated heterocycles. The first kappa shape index (κ1) is 12.6. The predicted molar refractivity (Wildman–Crippen MR) is 66.7 cm³/mol. The molecule has 1 aliphatic heterocycles. The molecular weight excluding hydrogens is 217 g/mol. The van der Waals surface area contributed by atoms with Crippen molar-refractivity contribution >= 4 is 0 Å². The quantitative estimate of drug-likeness (QED) is 0.853. The number of rotatable bonds is 5. The molecule has 0 aliphatic carbocycles. The summed E-state index contributed by atoms with van der Waals surface area (Å²) in [6, 6.07) is 0. The normalized spacial score (nSPS) is 22.6. The van der Waals surface area contributed by atoms with Crippen molar-refractivity contribution in [3.8, 4) is 0 Å². The Morgan fingerprint density at radius 3 is 3.24 bits per heavy atom. The third-order valence-electron chi connectivity index (χ3n) is 3.49. The van der Waals surface area contributed by atoms with Crippen LogP contribution in [0.5, 0.6) is 0 Å². The molecule has 2 atom stereocenters. The van der Waals surface area contributed by atoms with Crippen LogP contribution < -0.4 is 5.32 Å². The molecule has 1 aromatic rings. The second kappa shape index (κ2) is 6.15. The molecule has 1 aromatic heterocycles. The van der Waals surface area contributed by atoms with Crippen molar-refractivity contribution in [2.75, 3.05) is 13.1 Å². The van der Waals surface area contributed by atoms with Gasteiger partial charge in [-0.15, -0.1) is 0 Å². The van der Waals surface area contributed by atoms with E-state index in [2.05, 4.69) is 21.8 Å². The van der Waals surface area contributed by atoms with Crippen molar-refractivity contribution in [3.05, 3.63) is 18.2 Å². The highest BCUT2D eigenvalue weighted by Crippen LogP contribution is 2.20. The van der Waals surface area contributed by atoms with Gasteiger partial charge in [-0.05, 0) is 25.8 Å². The number of hydrogen-bond acceptors (Lipinski definition) is 2. The van der Waals surface area contributed by atoms with Gasteiger partial charge in [-0.1, -0.05) is 6.92 Å². The number of hydrogen-bond donors (Lipinski definition) is 1. The minimum Gasteiger partial charge on any atom is -0.335 e. The number of imidazole rings is 1. The third kappa shape index (κ3) is 3.28. The van der Waals surface area contributed by atoms with E-state index in [-0.39, 0.29) is 5.92 Å². The Bertz CT molecular complexity index is 331. The number of aryl methyl sites for hydroxylation is 1. The van der Waals surface area contributed by atoms with Gasteiger partial charge in [-0.3, -0.25) is 0 Å². The highest BCUT2D eigenvalue weighted by molar-refractivity contribution is 4.96. The molecule has 17 heavy (non-hydrogen) atoms. The molecule has 4 heteroatoms. The summed E-state index contributed by atoms with van der Waals surface area (Å²) in [7, 11) is 0. The van der Waals surface area contributed by atoms with Gasteiger partial charge < -0.3 is 9.88 Å². The number of alkyl halides is 1. The zero-order valence-corrected chi connectivity index (χ0v) is 10.5. The lowest BCUT2D eigenvalue weighted by Gasteiger charge is -2.25. The molecule has 0 spiro atoms. The lowest BCUT2D eigenvalue weighted by molar-refractivity contribution is 0.187. The van der Waals surface area contributed by atoms with E-state index >= 15 is 0 Å². The van der Waals surface area contributed by atoms with Crippen LogP contribution in [-0.2, 0) is 13.0 Å². The van der Waals surface area contributed by atoms with E-state index in [1.807, 2.05) is 6.20 Å². The largest absolute Gasteiger partial charge is 0.335 e. The topological polar surface area (TPSA) is 29.9 Å². The van der Waals surface area contributed by atoms with Crippen LogP contribution in [0.2, 0.25) is 0 Å². The highest BCUT2D eigenvalue weighted by atomic mass is 19.1. The van der Waals surface area contributed by atoms with E-state index in [0.29, 0.717) is 6.42 Å². The first-order chi connectivity index (χ1) is 8.31. The number of halogens is 1. The van der Waals surface area contributed by atoms with Crippen LogP contribution in [0.3, 0.4) is 0 Å². The van der Waals surface area contributed by atoms with Gasteiger partial charge in [0.25, 0.3) is 0 Å². The van der Waals surface area contributed by atoms with E-state index in [1.165, 1.54) is 0 Å². The fraction of sp³-hybridized carbons (Fsp3) is 0.769. The van der Waals surface area contributed by atoms with E-state index in [9.17, 15) is 4.39 Å². The molecule has 1 N–H and O–H groups in total. The van der Waals surface area contributed by atoms with Crippen molar-refractivity contribution < 1.29 is 4.39 Å². The lowest BCUT2D eigenvalue weighted by Crippen LogP contribution is -2.36. The van der Waals surface area contributed by atoms with Gasteiger partial charge >= 0.3 is 0 Å². The summed E-state index contributed by atoms with van der Waals surface area (Å²) in [5.41, 5.74) is 0. The maximum Gasteiger partial charge on any atom is 0.111 e. The Kier molecular flexibility index (Phi) is 4.54. The van der Waals surface area contributed by atoms with E-state index in [4.69, 9.17) is 0 Å². The smallest absolute Gasteiger partial charge is 0.111 e. The molecule has 1 aliphatic rings. The summed E-state index contributed by atoms with van der Waals surface area (Å²) < 4.78 is 16.3. The fourth-order valence-electron chi connectivity index (χ4n) is 2.50. The molecular formula is C13H22FN3. The van der Waals surface area contributed by atoms with Crippen LogP contribution in [0.1, 0.15) is 32.0 Å². The number of nitrogens with zero attached hydrogens (tertiary/aromatic N) is 2. The molecule has 2 heterocycles. The number of piperidine rings is 1. The molecule has 0 saturated carbocycles. The summed E-state index contributed by atoms with van der Waals surface area (Å²) in [6.07, 6.45) is 6.57. The van der Waals surface area contributed by atoms with Gasteiger partial charge in [-0.25, -0.2) is 9.37 Å². The second-order valence-corrected chi connectivity index (χ2v) is 4.86. The van der Waals surface area contributed by atoms with Crippen molar-refractivity contribution in [1.29, 1.82) is 0 Å². The predicted octanol–water partition coefficient (Wildman–Crippen LogP) is 2.17. The molecule has 1 fully saturated rings. The molecule has 0 radical (unpaired) electrons. The summed E-state index contributed by atoms with van der Waals surface area (Å²) in [5, 5.41) is 3.27. The maximum absolute atomic E-state index is 14.2. The minimum atomic E-state index is -0.763. The molecule has 0 aromatic carbocycles. The van der Waals surface area contributed by atoms with Gasteiger partial charge in [0.2, 0.25) is 0 Å². The van der Waals surface area contributed by atoms with Crippen molar-refractivity contribution in [2.45, 2.75) is 45.3 Å². The molecule has 96 valence electrons. The molecule has 0 bridgehead atoms. The van der Waals surface area contributed by atoms with Crippen LogP contribution >= 0.6 is 0 Å². The SMILES string of the molecule is CCCn1ccnc1CC(F)C1CCCNC1. The van der Waals surface area contributed by atoms with Crippen LogP contribution in [0.15, 0.2) is 12.4 Å². The zero-order chi connectivity index (χ0) is 12.1. The van der Waals surface area contributed by atoms with E-state index < -0.39 is 6.17 Å². The lowest BCUT2D eigenvalue weighted by atomic mass is 9.93. The highest BCUT2D eigenvalue weighted by Gasteiger charge is 2.24. The van der Waals surface area contributed by atoms with Gasteiger partial charge in [0.05, 0.1) is 0 Å². The van der Waals surface area contributed by atoms with Crippen LogP contribution in [-0.4, -0.2) is 28.8 Å². The summed E-state index contributed by atoms with van der Waals surface area (Å²) in [6.45, 7) is 4.91. The summed E-state index contributed by atoms with van der Waals surface area (Å²) in [5.74, 6) is 1.06. The third-order valence-corrected chi connectivity index (χ3v) is 3.49. The van der Waals surface area contributed by atoms with Crippen molar-refractivity contribution in [2.24, 2.45) is 5.92 Å². The number of aromatic nitrogens is 2. The Hall–Kier alpha value is -0.900. The average Bonchev–Trinajstić information content (AvgIpc) is 2.78. The monoisotopic (exact) mass is 239 g/mol. The molecule has 2 unspecified atom stereocenters. The molecule has 3 nitrogen and oxygen atoms in total. The molecule has 0 amide bonds. The van der Waals surface area contributed by atoms with Gasteiger partial charge in [0.15, 0.2) is 0 Å².